The van der Waals surface area contributed by atoms with Gasteiger partial charge in [-0.1, -0.05) is 12.1 Å². The number of aromatic nitrogens is 1. The average molecular weight is 246 g/mol. The number of ether oxygens (including phenoxy) is 1. The molecule has 0 N–H and O–H groups in total. The molecule has 0 unspecified atom stereocenters. The van der Waals surface area contributed by atoms with Crippen molar-refractivity contribution in [2.75, 3.05) is 7.11 Å². The number of carbonyl (C=O) groups is 1. The second-order valence-corrected chi connectivity index (χ2v) is 3.31. The summed E-state index contributed by atoms with van der Waals surface area (Å²) in [6, 6.07) is 3.93. The quantitative estimate of drug-likeness (QED) is 0.604. The fourth-order valence-corrected chi connectivity index (χ4v) is 1.34. The highest BCUT2D eigenvalue weighted by Gasteiger charge is 2.14. The van der Waals surface area contributed by atoms with Gasteiger partial charge in [-0.25, -0.2) is 19.0 Å². The van der Waals surface area contributed by atoms with Crippen LogP contribution in [0.5, 0.6) is 0 Å². The maximum atomic E-state index is 13.4. The lowest BCUT2D eigenvalue weighted by molar-refractivity contribution is 0.0594. The summed E-state index contributed by atoms with van der Waals surface area (Å²) in [5.41, 5.74) is 0.260. The highest BCUT2D eigenvalue weighted by atomic mass is 19.1. The molecule has 0 radical (unpaired) electrons. The molecule has 0 fully saturated rings. The van der Waals surface area contributed by atoms with Gasteiger partial charge in [0.25, 0.3) is 0 Å². The number of nitrogens with zero attached hydrogens (tertiary/aromatic N) is 2. The lowest BCUT2D eigenvalue weighted by atomic mass is 10.2. The van der Waals surface area contributed by atoms with Crippen LogP contribution in [0.15, 0.2) is 28.9 Å². The molecular formula is C12H7FN2O3. The van der Waals surface area contributed by atoms with Crippen LogP contribution in [0, 0.1) is 12.4 Å². The summed E-state index contributed by atoms with van der Waals surface area (Å²) in [6.45, 7) is 6.73. The Kier molecular flexibility index (Phi) is 3.06. The number of halogens is 1. The van der Waals surface area contributed by atoms with E-state index in [1.54, 1.807) is 0 Å². The van der Waals surface area contributed by atoms with Crippen LogP contribution in [-0.2, 0) is 4.74 Å². The van der Waals surface area contributed by atoms with Crippen molar-refractivity contribution in [1.29, 1.82) is 0 Å². The Balaban J connectivity index is 2.38. The molecule has 90 valence electrons. The van der Waals surface area contributed by atoms with Gasteiger partial charge in [-0.15, -0.1) is 0 Å². The van der Waals surface area contributed by atoms with E-state index in [0.29, 0.717) is 5.56 Å². The second kappa shape index (κ2) is 4.67. The maximum Gasteiger partial charge on any atom is 0.360 e. The van der Waals surface area contributed by atoms with Crippen LogP contribution < -0.4 is 0 Å². The van der Waals surface area contributed by atoms with Crippen LogP contribution in [-0.4, -0.2) is 18.1 Å². The highest BCUT2D eigenvalue weighted by molar-refractivity contribution is 5.87. The molecule has 5 nitrogen and oxygen atoms in total. The Morgan fingerprint density at radius 3 is 2.94 bits per heavy atom. The molecule has 1 aromatic carbocycles. The van der Waals surface area contributed by atoms with Crippen molar-refractivity contribution < 1.29 is 18.3 Å². The molecule has 18 heavy (non-hydrogen) atoms. The van der Waals surface area contributed by atoms with Crippen molar-refractivity contribution in [3.05, 3.63) is 47.4 Å². The third-order valence-corrected chi connectivity index (χ3v) is 2.21. The number of benzene rings is 1. The van der Waals surface area contributed by atoms with E-state index in [4.69, 9.17) is 11.0 Å². The van der Waals surface area contributed by atoms with Gasteiger partial charge in [0.05, 0.1) is 13.7 Å². The predicted octanol–water partition coefficient (Wildman–Crippen LogP) is 2.82. The molecule has 0 aliphatic heterocycles. The van der Waals surface area contributed by atoms with Gasteiger partial charge in [0.15, 0.2) is 5.69 Å². The van der Waals surface area contributed by atoms with Crippen LogP contribution in [0.1, 0.15) is 10.5 Å². The largest absolute Gasteiger partial charge is 0.464 e. The predicted molar refractivity (Wildman–Crippen MR) is 59.5 cm³/mol. The fourth-order valence-electron chi connectivity index (χ4n) is 1.34. The molecule has 0 saturated carbocycles. The van der Waals surface area contributed by atoms with E-state index < -0.39 is 11.8 Å². The minimum Gasteiger partial charge on any atom is -0.464 e. The van der Waals surface area contributed by atoms with Crippen molar-refractivity contribution in [1.82, 2.24) is 4.98 Å². The molecule has 1 heterocycles. The summed E-state index contributed by atoms with van der Waals surface area (Å²) in [4.78, 5) is 18.0. The van der Waals surface area contributed by atoms with E-state index in [1.165, 1.54) is 19.2 Å². The van der Waals surface area contributed by atoms with Gasteiger partial charge in [-0.3, -0.25) is 0 Å². The number of rotatable bonds is 2. The smallest absolute Gasteiger partial charge is 0.360 e. The number of hydrogen-bond acceptors (Lipinski definition) is 4. The van der Waals surface area contributed by atoms with Gasteiger partial charge >= 0.3 is 5.97 Å². The number of esters is 1. The van der Waals surface area contributed by atoms with Gasteiger partial charge < -0.3 is 9.15 Å². The summed E-state index contributed by atoms with van der Waals surface area (Å²) in [7, 11) is 1.22. The molecule has 2 aromatic rings. The van der Waals surface area contributed by atoms with Gasteiger partial charge in [-0.05, 0) is 6.07 Å². The van der Waals surface area contributed by atoms with Crippen molar-refractivity contribution >= 4 is 11.7 Å². The first-order valence-electron chi connectivity index (χ1n) is 4.87. The van der Waals surface area contributed by atoms with E-state index in [9.17, 15) is 9.18 Å². The van der Waals surface area contributed by atoms with Crippen LogP contribution in [0.25, 0.3) is 16.3 Å². The summed E-state index contributed by atoms with van der Waals surface area (Å²) >= 11 is 0. The molecule has 1 aromatic heterocycles. The van der Waals surface area contributed by atoms with E-state index >= 15 is 0 Å². The minimum atomic E-state index is -0.666. The number of oxazole rings is 1. The molecule has 0 saturated heterocycles. The van der Waals surface area contributed by atoms with Crippen LogP contribution in [0.3, 0.4) is 0 Å². The van der Waals surface area contributed by atoms with Gasteiger partial charge in [0.2, 0.25) is 11.6 Å². The second-order valence-electron chi connectivity index (χ2n) is 3.31. The summed E-state index contributed by atoms with van der Waals surface area (Å²) < 4.78 is 22.9. The summed E-state index contributed by atoms with van der Waals surface area (Å²) in [5, 5.41) is 0. The molecule has 0 amide bonds. The molecule has 0 bridgehead atoms. The standard InChI is InChI=1S/C12H7FN2O3/c1-14-9-4-3-7(5-8(9)13)11-15-10(6-18-11)12(16)17-2/h3-6H,2H3. The first-order chi connectivity index (χ1) is 8.65. The lowest BCUT2D eigenvalue weighted by Gasteiger charge is -1.97. The molecule has 2 rings (SSSR count). The van der Waals surface area contributed by atoms with Crippen LogP contribution in [0.4, 0.5) is 10.1 Å². The Labute approximate surface area is 102 Å². The molecule has 6 heteroatoms. The third kappa shape index (κ3) is 2.06. The monoisotopic (exact) mass is 246 g/mol. The van der Waals surface area contributed by atoms with Crippen molar-refractivity contribution in [3.8, 4) is 11.5 Å². The van der Waals surface area contributed by atoms with Crippen molar-refractivity contribution in [2.45, 2.75) is 0 Å². The SMILES string of the molecule is [C-]#[N+]c1ccc(-c2nc(C(=O)OC)co2)cc1F. The van der Waals surface area contributed by atoms with E-state index in [1.807, 2.05) is 0 Å². The zero-order valence-electron chi connectivity index (χ0n) is 9.31. The fraction of sp³-hybridized carbons (Fsp3) is 0.0833. The Morgan fingerprint density at radius 1 is 1.56 bits per heavy atom. The normalized spacial score (nSPS) is 9.83. The summed E-state index contributed by atoms with van der Waals surface area (Å²) in [5.74, 6) is -1.21. The molecule has 0 atom stereocenters. The number of hydrogen-bond donors (Lipinski definition) is 0. The maximum absolute atomic E-state index is 13.4. The molecule has 0 spiro atoms. The van der Waals surface area contributed by atoms with Crippen molar-refractivity contribution in [2.24, 2.45) is 0 Å². The number of carbonyl (C=O) groups excluding carboxylic acids is 1. The first-order valence-corrected chi connectivity index (χ1v) is 4.87. The van der Waals surface area contributed by atoms with Crippen LogP contribution in [0.2, 0.25) is 0 Å². The van der Waals surface area contributed by atoms with E-state index in [2.05, 4.69) is 14.6 Å². The number of methoxy groups -OCH3 is 1. The van der Waals surface area contributed by atoms with Gasteiger partial charge in [0, 0.05) is 5.56 Å². The Morgan fingerprint density at radius 2 is 2.33 bits per heavy atom. The van der Waals surface area contributed by atoms with Crippen LogP contribution >= 0.6 is 0 Å². The Hall–Kier alpha value is -2.68. The lowest BCUT2D eigenvalue weighted by Crippen LogP contribution is -2.00. The van der Waals surface area contributed by atoms with Crippen molar-refractivity contribution in [3.63, 3.8) is 0 Å². The molecular weight excluding hydrogens is 239 g/mol. The summed E-state index contributed by atoms with van der Waals surface area (Å²) in [6.07, 6.45) is 1.13. The minimum absolute atomic E-state index is 0.00200. The van der Waals surface area contributed by atoms with E-state index in [0.717, 1.165) is 12.3 Å². The molecule has 0 aliphatic carbocycles. The third-order valence-electron chi connectivity index (χ3n) is 2.21. The topological polar surface area (TPSA) is 56.7 Å². The average Bonchev–Trinajstić information content (AvgIpc) is 2.87. The zero-order chi connectivity index (χ0) is 13.1. The van der Waals surface area contributed by atoms with Gasteiger partial charge in [-0.2, -0.15) is 0 Å². The van der Waals surface area contributed by atoms with Gasteiger partial charge in [0.1, 0.15) is 12.1 Å². The highest BCUT2D eigenvalue weighted by Crippen LogP contribution is 2.25. The Bertz CT molecular complexity index is 643. The molecule has 0 aliphatic rings. The van der Waals surface area contributed by atoms with E-state index in [-0.39, 0.29) is 17.3 Å². The first kappa shape index (κ1) is 11.8. The zero-order valence-corrected chi connectivity index (χ0v) is 9.31.